The molecule has 0 saturated heterocycles. The highest BCUT2D eigenvalue weighted by molar-refractivity contribution is 9.10. The van der Waals surface area contributed by atoms with E-state index in [4.69, 9.17) is 4.74 Å². The standard InChI is InChI=1S/C11H16BrFN2O/c1-8(2)16-5-4-15(3)11-10(13)6-9(12)7-14-11/h6-8H,4-5H2,1-3H3. The molecule has 5 heteroatoms. The van der Waals surface area contributed by atoms with Gasteiger partial charge in [0.05, 0.1) is 12.7 Å². The molecule has 0 unspecified atom stereocenters. The summed E-state index contributed by atoms with van der Waals surface area (Å²) in [6.45, 7) is 5.12. The van der Waals surface area contributed by atoms with Gasteiger partial charge >= 0.3 is 0 Å². The van der Waals surface area contributed by atoms with Gasteiger partial charge in [-0.15, -0.1) is 0 Å². The minimum atomic E-state index is -0.332. The molecular formula is C11H16BrFN2O. The molecule has 0 radical (unpaired) electrons. The summed E-state index contributed by atoms with van der Waals surface area (Å²) in [7, 11) is 1.79. The van der Waals surface area contributed by atoms with Crippen LogP contribution in [0.25, 0.3) is 0 Å². The second-order valence-corrected chi connectivity index (χ2v) is 4.72. The van der Waals surface area contributed by atoms with Gasteiger partial charge in [-0.25, -0.2) is 9.37 Å². The summed E-state index contributed by atoms with van der Waals surface area (Å²) >= 11 is 3.17. The van der Waals surface area contributed by atoms with Crippen LogP contribution in [-0.2, 0) is 4.74 Å². The molecule has 0 aromatic carbocycles. The largest absolute Gasteiger partial charge is 0.377 e. The summed E-state index contributed by atoms with van der Waals surface area (Å²) in [6.07, 6.45) is 1.77. The van der Waals surface area contributed by atoms with E-state index in [0.717, 1.165) is 0 Å². The highest BCUT2D eigenvalue weighted by Gasteiger charge is 2.09. The number of rotatable bonds is 5. The van der Waals surface area contributed by atoms with E-state index in [0.29, 0.717) is 23.4 Å². The number of aromatic nitrogens is 1. The van der Waals surface area contributed by atoms with Gasteiger partial charge in [-0.2, -0.15) is 0 Å². The second kappa shape index (κ2) is 6.15. The van der Waals surface area contributed by atoms with Gasteiger partial charge in [-0.3, -0.25) is 0 Å². The van der Waals surface area contributed by atoms with Crippen LogP contribution in [0.2, 0.25) is 0 Å². The fraction of sp³-hybridized carbons (Fsp3) is 0.545. The Kier molecular flexibility index (Phi) is 5.15. The first kappa shape index (κ1) is 13.4. The van der Waals surface area contributed by atoms with Gasteiger partial charge in [0, 0.05) is 24.3 Å². The van der Waals surface area contributed by atoms with Crippen molar-refractivity contribution in [1.29, 1.82) is 0 Å². The fourth-order valence-corrected chi connectivity index (χ4v) is 1.52. The van der Waals surface area contributed by atoms with E-state index < -0.39 is 0 Å². The van der Waals surface area contributed by atoms with Crippen LogP contribution in [0.15, 0.2) is 16.7 Å². The van der Waals surface area contributed by atoms with Crippen LogP contribution in [0.5, 0.6) is 0 Å². The molecule has 0 N–H and O–H groups in total. The molecule has 0 aliphatic carbocycles. The summed E-state index contributed by atoms with van der Waals surface area (Å²) < 4.78 is 19.5. The van der Waals surface area contributed by atoms with Crippen molar-refractivity contribution in [2.24, 2.45) is 0 Å². The maximum absolute atomic E-state index is 13.5. The van der Waals surface area contributed by atoms with Crippen molar-refractivity contribution >= 4 is 21.7 Å². The molecule has 16 heavy (non-hydrogen) atoms. The van der Waals surface area contributed by atoms with Gasteiger partial charge in [0.2, 0.25) is 0 Å². The summed E-state index contributed by atoms with van der Waals surface area (Å²) in [5, 5.41) is 0. The monoisotopic (exact) mass is 290 g/mol. The van der Waals surface area contributed by atoms with Crippen LogP contribution in [0, 0.1) is 5.82 Å². The molecule has 0 aliphatic heterocycles. The average molecular weight is 291 g/mol. The van der Waals surface area contributed by atoms with Crippen LogP contribution in [0.1, 0.15) is 13.8 Å². The normalized spacial score (nSPS) is 10.9. The third kappa shape index (κ3) is 4.06. The zero-order valence-electron chi connectivity index (χ0n) is 9.70. The van der Waals surface area contributed by atoms with Gasteiger partial charge in [0.25, 0.3) is 0 Å². The second-order valence-electron chi connectivity index (χ2n) is 3.80. The van der Waals surface area contributed by atoms with Crippen LogP contribution in [-0.4, -0.2) is 31.3 Å². The average Bonchev–Trinajstić information content (AvgIpc) is 2.16. The Labute approximate surface area is 104 Å². The molecule has 90 valence electrons. The molecule has 1 aromatic rings. The summed E-state index contributed by atoms with van der Waals surface area (Å²) in [5.74, 6) is 0.0111. The first-order valence-corrected chi connectivity index (χ1v) is 5.93. The Morgan fingerprint density at radius 2 is 2.25 bits per heavy atom. The van der Waals surface area contributed by atoms with Crippen molar-refractivity contribution in [3.8, 4) is 0 Å². The van der Waals surface area contributed by atoms with Gasteiger partial charge < -0.3 is 9.64 Å². The number of halogens is 2. The summed E-state index contributed by atoms with van der Waals surface area (Å²) in [6, 6.07) is 1.40. The molecule has 0 amide bonds. The number of nitrogens with zero attached hydrogens (tertiary/aromatic N) is 2. The highest BCUT2D eigenvalue weighted by atomic mass is 79.9. The molecule has 1 rings (SSSR count). The topological polar surface area (TPSA) is 25.4 Å². The molecule has 0 fully saturated rings. The van der Waals surface area contributed by atoms with Crippen molar-refractivity contribution in [3.63, 3.8) is 0 Å². The zero-order chi connectivity index (χ0) is 12.1. The maximum Gasteiger partial charge on any atom is 0.166 e. The van der Waals surface area contributed by atoms with Crippen molar-refractivity contribution < 1.29 is 9.13 Å². The summed E-state index contributed by atoms with van der Waals surface area (Å²) in [5.41, 5.74) is 0. The van der Waals surface area contributed by atoms with Gasteiger partial charge in [-0.05, 0) is 35.8 Å². The van der Waals surface area contributed by atoms with Crippen LogP contribution in [0.4, 0.5) is 10.2 Å². The van der Waals surface area contributed by atoms with E-state index in [2.05, 4.69) is 20.9 Å². The highest BCUT2D eigenvalue weighted by Crippen LogP contribution is 2.18. The van der Waals surface area contributed by atoms with E-state index in [-0.39, 0.29) is 11.9 Å². The molecule has 3 nitrogen and oxygen atoms in total. The number of ether oxygens (including phenoxy) is 1. The smallest absolute Gasteiger partial charge is 0.166 e. The van der Waals surface area contributed by atoms with Crippen molar-refractivity contribution in [2.45, 2.75) is 20.0 Å². The Hall–Kier alpha value is -0.680. The number of likely N-dealkylation sites (N-methyl/N-ethyl adjacent to an activating group) is 1. The lowest BCUT2D eigenvalue weighted by atomic mass is 10.4. The van der Waals surface area contributed by atoms with Crippen LogP contribution >= 0.6 is 15.9 Å². The Bertz CT molecular complexity index is 347. The third-order valence-electron chi connectivity index (χ3n) is 2.03. The molecule has 0 bridgehead atoms. The zero-order valence-corrected chi connectivity index (χ0v) is 11.3. The maximum atomic E-state index is 13.5. The predicted octanol–water partition coefficient (Wildman–Crippen LogP) is 2.84. The molecular weight excluding hydrogens is 275 g/mol. The fourth-order valence-electron chi connectivity index (χ4n) is 1.22. The minimum absolute atomic E-state index is 0.191. The minimum Gasteiger partial charge on any atom is -0.377 e. The van der Waals surface area contributed by atoms with Crippen molar-refractivity contribution in [3.05, 3.63) is 22.6 Å². The lowest BCUT2D eigenvalue weighted by Gasteiger charge is -2.19. The Morgan fingerprint density at radius 1 is 1.56 bits per heavy atom. The van der Waals surface area contributed by atoms with Gasteiger partial charge in [0.1, 0.15) is 0 Å². The van der Waals surface area contributed by atoms with Crippen molar-refractivity contribution in [2.75, 3.05) is 25.1 Å². The molecule has 1 aromatic heterocycles. The predicted molar refractivity (Wildman–Crippen MR) is 66.3 cm³/mol. The van der Waals surface area contributed by atoms with E-state index in [9.17, 15) is 4.39 Å². The molecule has 1 heterocycles. The van der Waals surface area contributed by atoms with Crippen LogP contribution < -0.4 is 4.90 Å². The van der Waals surface area contributed by atoms with E-state index in [1.54, 1.807) is 18.1 Å². The van der Waals surface area contributed by atoms with Gasteiger partial charge in [-0.1, -0.05) is 0 Å². The number of hydrogen-bond donors (Lipinski definition) is 0. The molecule has 0 aliphatic rings. The van der Waals surface area contributed by atoms with Crippen LogP contribution in [0.3, 0.4) is 0 Å². The Balaban J connectivity index is 2.55. The van der Waals surface area contributed by atoms with E-state index >= 15 is 0 Å². The van der Waals surface area contributed by atoms with Crippen molar-refractivity contribution in [1.82, 2.24) is 4.98 Å². The lowest BCUT2D eigenvalue weighted by Crippen LogP contribution is -2.25. The lowest BCUT2D eigenvalue weighted by molar-refractivity contribution is 0.0845. The van der Waals surface area contributed by atoms with E-state index in [1.807, 2.05) is 13.8 Å². The molecule has 0 spiro atoms. The first-order chi connectivity index (χ1) is 7.50. The first-order valence-electron chi connectivity index (χ1n) is 5.14. The summed E-state index contributed by atoms with van der Waals surface area (Å²) in [4.78, 5) is 5.76. The molecule has 0 saturated carbocycles. The SMILES string of the molecule is CC(C)OCCN(C)c1ncc(Br)cc1F. The number of hydrogen-bond acceptors (Lipinski definition) is 3. The molecule has 0 atom stereocenters. The quantitative estimate of drug-likeness (QED) is 0.834. The Morgan fingerprint density at radius 3 is 2.81 bits per heavy atom. The number of anilines is 1. The van der Waals surface area contributed by atoms with Gasteiger partial charge in [0.15, 0.2) is 11.6 Å². The number of pyridine rings is 1. The van der Waals surface area contributed by atoms with E-state index in [1.165, 1.54) is 6.07 Å². The third-order valence-corrected chi connectivity index (χ3v) is 2.46.